The van der Waals surface area contributed by atoms with Crippen molar-refractivity contribution in [3.8, 4) is 16.3 Å². The van der Waals surface area contributed by atoms with Crippen LogP contribution in [0, 0.1) is 6.92 Å². The number of aromatic carboxylic acids is 1. The summed E-state index contributed by atoms with van der Waals surface area (Å²) in [6.45, 7) is 3.90. The van der Waals surface area contributed by atoms with Gasteiger partial charge in [-0.3, -0.25) is 0 Å². The van der Waals surface area contributed by atoms with Crippen molar-refractivity contribution in [2.45, 2.75) is 13.0 Å². The highest BCUT2D eigenvalue weighted by atomic mass is 32.1. The Morgan fingerprint density at radius 3 is 2.96 bits per heavy atom. The van der Waals surface area contributed by atoms with E-state index in [1.54, 1.807) is 18.3 Å². The number of carbonyl (C=O) groups is 1. The molecule has 1 fully saturated rings. The fourth-order valence-electron chi connectivity index (χ4n) is 2.24. The second-order valence-corrected chi connectivity index (χ2v) is 6.44. The Kier molecular flexibility index (Phi) is 4.90. The average Bonchev–Trinajstić information content (AvgIpc) is 3.00. The second kappa shape index (κ2) is 7.08. The van der Waals surface area contributed by atoms with E-state index in [0.29, 0.717) is 32.2 Å². The van der Waals surface area contributed by atoms with Gasteiger partial charge in [-0.25, -0.2) is 9.78 Å². The fourth-order valence-corrected chi connectivity index (χ4v) is 2.99. The van der Waals surface area contributed by atoms with Gasteiger partial charge in [0.1, 0.15) is 23.5 Å². The Hall–Kier alpha value is -1.96. The third kappa shape index (κ3) is 4.07. The van der Waals surface area contributed by atoms with E-state index in [1.807, 2.05) is 6.92 Å². The molecule has 1 aliphatic heterocycles. The highest BCUT2D eigenvalue weighted by Crippen LogP contribution is 2.29. The molecule has 0 unspecified atom stereocenters. The van der Waals surface area contributed by atoms with Gasteiger partial charge in [-0.2, -0.15) is 0 Å². The molecule has 7 heteroatoms. The molecule has 0 bridgehead atoms. The largest absolute Gasteiger partial charge is 0.491 e. The van der Waals surface area contributed by atoms with Gasteiger partial charge in [-0.15, -0.1) is 11.3 Å². The molecule has 2 aromatic rings. The summed E-state index contributed by atoms with van der Waals surface area (Å²) in [6, 6.07) is 4.91. The number of aromatic nitrogens is 1. The fraction of sp³-hybridized carbons (Fsp3) is 0.375. The zero-order valence-corrected chi connectivity index (χ0v) is 13.5. The van der Waals surface area contributed by atoms with Crippen LogP contribution in [0.5, 0.6) is 5.75 Å². The van der Waals surface area contributed by atoms with Crippen LogP contribution < -0.4 is 4.74 Å². The molecular weight excluding hydrogens is 318 g/mol. The van der Waals surface area contributed by atoms with Crippen LogP contribution in [0.15, 0.2) is 24.4 Å². The Bertz CT molecular complexity index is 694. The quantitative estimate of drug-likeness (QED) is 0.905. The SMILES string of the molecule is Cc1cnc(-c2cc(OC[C@@H]3COCCO3)cc(C(=O)O)c2)s1. The lowest BCUT2D eigenvalue weighted by Crippen LogP contribution is -2.33. The van der Waals surface area contributed by atoms with Crippen LogP contribution in [-0.2, 0) is 9.47 Å². The number of hydrogen-bond donors (Lipinski definition) is 1. The Labute approximate surface area is 137 Å². The standard InChI is InChI=1S/C16H17NO5S/c1-10-7-17-15(23-10)11-4-12(16(18)19)6-13(5-11)22-9-14-8-20-2-3-21-14/h4-7,14H,2-3,8-9H2,1H3,(H,18,19)/t14-/m0/s1. The van der Waals surface area contributed by atoms with Crippen molar-refractivity contribution in [3.05, 3.63) is 34.8 Å². The summed E-state index contributed by atoms with van der Waals surface area (Å²) in [7, 11) is 0. The Morgan fingerprint density at radius 2 is 2.30 bits per heavy atom. The van der Waals surface area contributed by atoms with Crippen LogP contribution in [0.2, 0.25) is 0 Å². The van der Waals surface area contributed by atoms with E-state index in [1.165, 1.54) is 17.4 Å². The molecule has 0 aliphatic carbocycles. The first-order valence-electron chi connectivity index (χ1n) is 7.25. The monoisotopic (exact) mass is 335 g/mol. The maximum absolute atomic E-state index is 11.3. The molecular formula is C16H17NO5S. The van der Waals surface area contributed by atoms with Gasteiger partial charge in [-0.05, 0) is 25.1 Å². The molecule has 1 saturated heterocycles. The van der Waals surface area contributed by atoms with Crippen LogP contribution in [-0.4, -0.2) is 48.6 Å². The lowest BCUT2D eigenvalue weighted by Gasteiger charge is -2.23. The topological polar surface area (TPSA) is 77.9 Å². The van der Waals surface area contributed by atoms with Crippen molar-refractivity contribution in [1.82, 2.24) is 4.98 Å². The summed E-state index contributed by atoms with van der Waals surface area (Å²) >= 11 is 1.51. The highest BCUT2D eigenvalue weighted by molar-refractivity contribution is 7.14. The van der Waals surface area contributed by atoms with E-state index in [0.717, 1.165) is 15.4 Å². The minimum absolute atomic E-state index is 0.136. The van der Waals surface area contributed by atoms with Crippen molar-refractivity contribution < 1.29 is 24.1 Å². The summed E-state index contributed by atoms with van der Waals surface area (Å²) in [5, 5.41) is 10.1. The van der Waals surface area contributed by atoms with Gasteiger partial charge in [0.25, 0.3) is 0 Å². The van der Waals surface area contributed by atoms with Crippen molar-refractivity contribution in [1.29, 1.82) is 0 Å². The van der Waals surface area contributed by atoms with Gasteiger partial charge in [0, 0.05) is 16.6 Å². The number of ether oxygens (including phenoxy) is 3. The normalized spacial score (nSPS) is 17.9. The molecule has 1 aliphatic rings. The van der Waals surface area contributed by atoms with Crippen LogP contribution in [0.25, 0.3) is 10.6 Å². The van der Waals surface area contributed by atoms with Gasteiger partial charge >= 0.3 is 5.97 Å². The van der Waals surface area contributed by atoms with Crippen molar-refractivity contribution in [2.24, 2.45) is 0 Å². The molecule has 1 N–H and O–H groups in total. The van der Waals surface area contributed by atoms with Crippen molar-refractivity contribution in [2.75, 3.05) is 26.4 Å². The van der Waals surface area contributed by atoms with Crippen LogP contribution in [0.4, 0.5) is 0 Å². The van der Waals surface area contributed by atoms with E-state index in [9.17, 15) is 9.90 Å². The number of nitrogens with zero attached hydrogens (tertiary/aromatic N) is 1. The number of hydrogen-bond acceptors (Lipinski definition) is 6. The smallest absolute Gasteiger partial charge is 0.335 e. The van der Waals surface area contributed by atoms with E-state index >= 15 is 0 Å². The lowest BCUT2D eigenvalue weighted by atomic mass is 10.1. The van der Waals surface area contributed by atoms with Gasteiger partial charge < -0.3 is 19.3 Å². The van der Waals surface area contributed by atoms with Crippen molar-refractivity contribution in [3.63, 3.8) is 0 Å². The maximum Gasteiger partial charge on any atom is 0.335 e. The molecule has 0 radical (unpaired) electrons. The molecule has 0 saturated carbocycles. The number of thiazole rings is 1. The summed E-state index contributed by atoms with van der Waals surface area (Å²) in [5.74, 6) is -0.510. The molecule has 3 rings (SSSR count). The van der Waals surface area contributed by atoms with E-state index < -0.39 is 5.97 Å². The maximum atomic E-state index is 11.3. The second-order valence-electron chi connectivity index (χ2n) is 5.21. The van der Waals surface area contributed by atoms with Crippen LogP contribution in [0.1, 0.15) is 15.2 Å². The number of benzene rings is 1. The minimum atomic E-state index is -0.998. The Balaban J connectivity index is 1.80. The number of aryl methyl sites for hydroxylation is 1. The summed E-state index contributed by atoms with van der Waals surface area (Å²) in [5.41, 5.74) is 0.907. The molecule has 2 heterocycles. The number of rotatable bonds is 5. The zero-order valence-electron chi connectivity index (χ0n) is 12.7. The molecule has 23 heavy (non-hydrogen) atoms. The van der Waals surface area contributed by atoms with E-state index in [2.05, 4.69) is 4.98 Å². The molecule has 1 aromatic carbocycles. The first kappa shape index (κ1) is 15.9. The number of carboxylic acids is 1. The van der Waals surface area contributed by atoms with E-state index in [-0.39, 0.29) is 11.7 Å². The first-order valence-corrected chi connectivity index (χ1v) is 8.07. The predicted molar refractivity (Wildman–Crippen MR) is 85.3 cm³/mol. The summed E-state index contributed by atoms with van der Waals surface area (Å²) < 4.78 is 16.6. The van der Waals surface area contributed by atoms with Crippen molar-refractivity contribution >= 4 is 17.3 Å². The molecule has 1 atom stereocenters. The highest BCUT2D eigenvalue weighted by Gasteiger charge is 2.16. The third-order valence-electron chi connectivity index (χ3n) is 3.34. The van der Waals surface area contributed by atoms with Gasteiger partial charge in [-0.1, -0.05) is 0 Å². The zero-order chi connectivity index (χ0) is 16.2. The lowest BCUT2D eigenvalue weighted by molar-refractivity contribution is -0.101. The van der Waals surface area contributed by atoms with Gasteiger partial charge in [0.05, 0.1) is 25.4 Å². The predicted octanol–water partition coefficient (Wildman–Crippen LogP) is 2.61. The minimum Gasteiger partial charge on any atom is -0.491 e. The number of carboxylic acid groups (broad SMARTS) is 1. The molecule has 0 spiro atoms. The summed E-state index contributed by atoms with van der Waals surface area (Å²) in [4.78, 5) is 16.7. The first-order chi connectivity index (χ1) is 11.1. The van der Waals surface area contributed by atoms with Crippen LogP contribution >= 0.6 is 11.3 Å². The Morgan fingerprint density at radius 1 is 1.43 bits per heavy atom. The average molecular weight is 335 g/mol. The third-order valence-corrected chi connectivity index (χ3v) is 4.30. The van der Waals surface area contributed by atoms with Gasteiger partial charge in [0.2, 0.25) is 0 Å². The molecule has 6 nitrogen and oxygen atoms in total. The molecule has 122 valence electrons. The molecule has 1 aromatic heterocycles. The van der Waals surface area contributed by atoms with Crippen LogP contribution in [0.3, 0.4) is 0 Å². The van der Waals surface area contributed by atoms with Gasteiger partial charge in [0.15, 0.2) is 0 Å². The van der Waals surface area contributed by atoms with E-state index in [4.69, 9.17) is 14.2 Å². The molecule has 0 amide bonds. The summed E-state index contributed by atoms with van der Waals surface area (Å²) in [6.07, 6.45) is 1.63.